The molecule has 146 valence electrons. The molecule has 2 atom stereocenters. The van der Waals surface area contributed by atoms with Gasteiger partial charge in [0, 0.05) is 5.69 Å². The number of nitriles is 1. The third kappa shape index (κ3) is 4.33. The van der Waals surface area contributed by atoms with Gasteiger partial charge >= 0.3 is 0 Å². The lowest BCUT2D eigenvalue weighted by atomic mass is 10.2. The van der Waals surface area contributed by atoms with Crippen molar-refractivity contribution in [2.45, 2.75) is 23.5 Å². The minimum atomic E-state index is -0.510. The highest BCUT2D eigenvalue weighted by Gasteiger charge is 2.28. The fraction of sp³-hybridized carbons (Fsp3) is 0.200. The lowest BCUT2D eigenvalue weighted by molar-refractivity contribution is -0.115. The van der Waals surface area contributed by atoms with Gasteiger partial charge in [0.05, 0.1) is 16.9 Å². The second-order valence-corrected chi connectivity index (χ2v) is 7.50. The molecule has 1 aliphatic rings. The highest BCUT2D eigenvalue weighted by Crippen LogP contribution is 2.36. The average molecular weight is 408 g/mol. The summed E-state index contributed by atoms with van der Waals surface area (Å²) in [5, 5.41) is 19.5. The summed E-state index contributed by atoms with van der Waals surface area (Å²) in [7, 11) is 0. The lowest BCUT2D eigenvalue weighted by Gasteiger charge is -2.23. The fourth-order valence-corrected chi connectivity index (χ4v) is 3.34. The van der Waals surface area contributed by atoms with Crippen molar-refractivity contribution in [1.29, 1.82) is 5.26 Å². The first-order valence-electron chi connectivity index (χ1n) is 8.82. The Morgan fingerprint density at radius 3 is 2.90 bits per heavy atom. The molecule has 3 aromatic rings. The van der Waals surface area contributed by atoms with Gasteiger partial charge in [0.15, 0.2) is 11.5 Å². The monoisotopic (exact) mass is 408 g/mol. The Morgan fingerprint density at radius 2 is 2.07 bits per heavy atom. The molecule has 0 unspecified atom stereocenters. The average Bonchev–Trinajstić information content (AvgIpc) is 3.22. The molecular weight excluding hydrogens is 392 g/mol. The van der Waals surface area contributed by atoms with Crippen molar-refractivity contribution in [2.24, 2.45) is 0 Å². The zero-order valence-corrected chi connectivity index (χ0v) is 16.2. The van der Waals surface area contributed by atoms with Gasteiger partial charge in [-0.3, -0.25) is 4.79 Å². The number of aromatic nitrogens is 2. The molecule has 0 radical (unpaired) electrons. The fourth-order valence-electron chi connectivity index (χ4n) is 2.65. The summed E-state index contributed by atoms with van der Waals surface area (Å²) in [5.41, 5.74) is 1.03. The van der Waals surface area contributed by atoms with E-state index in [2.05, 4.69) is 15.5 Å². The molecule has 0 aliphatic carbocycles. The number of rotatable bonds is 5. The van der Waals surface area contributed by atoms with E-state index in [1.807, 2.05) is 24.3 Å². The van der Waals surface area contributed by atoms with Gasteiger partial charge in [-0.05, 0) is 37.3 Å². The number of nitrogens with zero attached hydrogens (tertiary/aromatic N) is 3. The van der Waals surface area contributed by atoms with Crippen LogP contribution < -0.4 is 14.8 Å². The summed E-state index contributed by atoms with van der Waals surface area (Å²) in [5.74, 6) is 1.33. The normalized spacial score (nSPS) is 15.9. The van der Waals surface area contributed by atoms with Gasteiger partial charge in [0.2, 0.25) is 12.0 Å². The van der Waals surface area contributed by atoms with Crippen LogP contribution in [0.25, 0.3) is 0 Å². The van der Waals surface area contributed by atoms with Gasteiger partial charge in [-0.2, -0.15) is 5.26 Å². The number of carbonyl (C=O) groups excluding carboxylic acids is 1. The van der Waals surface area contributed by atoms with Crippen LogP contribution in [0.15, 0.2) is 58.2 Å². The van der Waals surface area contributed by atoms with Crippen molar-refractivity contribution in [2.75, 3.05) is 11.9 Å². The first kappa shape index (κ1) is 18.8. The molecular formula is C20H16N4O4S. The first-order chi connectivity index (χ1) is 14.1. The van der Waals surface area contributed by atoms with Gasteiger partial charge in [0.25, 0.3) is 11.1 Å². The number of para-hydroxylation sites is 2. The number of fused-ring (bicyclic) bond motifs is 1. The zero-order chi connectivity index (χ0) is 20.2. The topological polar surface area (TPSA) is 110 Å². The molecule has 0 saturated carbocycles. The van der Waals surface area contributed by atoms with Gasteiger partial charge in [-0.1, -0.05) is 30.0 Å². The summed E-state index contributed by atoms with van der Waals surface area (Å²) >= 11 is 1.14. The van der Waals surface area contributed by atoms with E-state index in [1.54, 1.807) is 37.3 Å². The minimum Gasteiger partial charge on any atom is -0.485 e. The highest BCUT2D eigenvalue weighted by atomic mass is 32.2. The number of carbonyl (C=O) groups is 1. The minimum absolute atomic E-state index is 0.240. The third-order valence-corrected chi connectivity index (χ3v) is 5.05. The SMILES string of the molecule is C[C@@H](Sc1nnc([C@@H]2COc3ccccc3O2)o1)C(=O)Nc1cccc(C#N)c1. The highest BCUT2D eigenvalue weighted by molar-refractivity contribution is 8.00. The molecule has 2 heterocycles. The molecule has 1 amide bonds. The molecule has 8 nitrogen and oxygen atoms in total. The van der Waals surface area contributed by atoms with Crippen LogP contribution in [0.2, 0.25) is 0 Å². The Balaban J connectivity index is 1.37. The van der Waals surface area contributed by atoms with Crippen molar-refractivity contribution in [3.05, 3.63) is 60.0 Å². The molecule has 29 heavy (non-hydrogen) atoms. The lowest BCUT2D eigenvalue weighted by Crippen LogP contribution is -2.22. The summed E-state index contributed by atoms with van der Waals surface area (Å²) in [6, 6.07) is 16.1. The predicted octanol–water partition coefficient (Wildman–Crippen LogP) is 3.57. The molecule has 2 aromatic carbocycles. The number of hydrogen-bond acceptors (Lipinski definition) is 8. The molecule has 9 heteroatoms. The molecule has 0 fully saturated rings. The van der Waals surface area contributed by atoms with E-state index in [4.69, 9.17) is 19.2 Å². The Morgan fingerprint density at radius 1 is 1.24 bits per heavy atom. The van der Waals surface area contributed by atoms with Crippen LogP contribution in [0.4, 0.5) is 5.69 Å². The van der Waals surface area contributed by atoms with Gasteiger partial charge in [-0.15, -0.1) is 10.2 Å². The van der Waals surface area contributed by atoms with E-state index < -0.39 is 11.4 Å². The summed E-state index contributed by atoms with van der Waals surface area (Å²) in [4.78, 5) is 12.4. The van der Waals surface area contributed by atoms with E-state index in [-0.39, 0.29) is 23.6 Å². The Kier molecular flexibility index (Phi) is 5.35. The number of amides is 1. The molecule has 1 N–H and O–H groups in total. The predicted molar refractivity (Wildman–Crippen MR) is 105 cm³/mol. The summed E-state index contributed by atoms with van der Waals surface area (Å²) < 4.78 is 17.2. The Bertz CT molecular complexity index is 1080. The maximum absolute atomic E-state index is 12.4. The van der Waals surface area contributed by atoms with Crippen LogP contribution in [-0.2, 0) is 4.79 Å². The standard InChI is InChI=1S/C20H16N4O4S/c1-12(18(25)22-14-6-4-5-13(9-14)10-21)29-20-24-23-19(28-20)17-11-26-15-7-2-3-8-16(15)27-17/h2-9,12,17H,11H2,1H3,(H,22,25)/t12-,17+/m1/s1. The van der Waals surface area contributed by atoms with Crippen LogP contribution in [-0.4, -0.2) is 28.0 Å². The zero-order valence-electron chi connectivity index (χ0n) is 15.4. The van der Waals surface area contributed by atoms with E-state index in [9.17, 15) is 4.79 Å². The Labute approximate surface area is 170 Å². The van der Waals surface area contributed by atoms with E-state index in [1.165, 1.54) is 0 Å². The molecule has 1 aromatic heterocycles. The number of thioether (sulfide) groups is 1. The maximum Gasteiger partial charge on any atom is 0.277 e. The van der Waals surface area contributed by atoms with E-state index in [0.717, 1.165) is 11.8 Å². The molecule has 4 rings (SSSR count). The van der Waals surface area contributed by atoms with Crippen LogP contribution in [0.1, 0.15) is 24.5 Å². The summed E-state index contributed by atoms with van der Waals surface area (Å²) in [6.45, 7) is 1.99. The van der Waals surface area contributed by atoms with Crippen molar-refractivity contribution in [1.82, 2.24) is 10.2 Å². The van der Waals surface area contributed by atoms with Crippen LogP contribution in [0, 0.1) is 11.3 Å². The number of nitrogens with one attached hydrogen (secondary N) is 1. The molecule has 0 spiro atoms. The van der Waals surface area contributed by atoms with Crippen LogP contribution in [0.3, 0.4) is 0 Å². The van der Waals surface area contributed by atoms with Crippen molar-refractivity contribution < 1.29 is 18.7 Å². The van der Waals surface area contributed by atoms with Crippen molar-refractivity contribution >= 4 is 23.4 Å². The second kappa shape index (κ2) is 8.24. The smallest absolute Gasteiger partial charge is 0.277 e. The number of ether oxygens (including phenoxy) is 2. The second-order valence-electron chi connectivity index (χ2n) is 6.21. The maximum atomic E-state index is 12.4. The molecule has 1 aliphatic heterocycles. The van der Waals surface area contributed by atoms with Crippen LogP contribution >= 0.6 is 11.8 Å². The number of hydrogen-bond donors (Lipinski definition) is 1. The van der Waals surface area contributed by atoms with Gasteiger partial charge in [-0.25, -0.2) is 0 Å². The summed E-state index contributed by atoms with van der Waals surface area (Å²) in [6.07, 6.45) is -0.510. The van der Waals surface area contributed by atoms with E-state index in [0.29, 0.717) is 22.7 Å². The first-order valence-corrected chi connectivity index (χ1v) is 9.70. The van der Waals surface area contributed by atoms with E-state index >= 15 is 0 Å². The van der Waals surface area contributed by atoms with Gasteiger partial charge < -0.3 is 19.2 Å². The van der Waals surface area contributed by atoms with Crippen molar-refractivity contribution in [3.63, 3.8) is 0 Å². The quantitative estimate of drug-likeness (QED) is 0.638. The number of benzene rings is 2. The Hall–Kier alpha value is -3.51. The number of anilines is 1. The largest absolute Gasteiger partial charge is 0.485 e. The molecule has 0 saturated heterocycles. The van der Waals surface area contributed by atoms with Gasteiger partial charge in [0.1, 0.15) is 6.61 Å². The third-order valence-electron chi connectivity index (χ3n) is 4.11. The molecule has 0 bridgehead atoms. The van der Waals surface area contributed by atoms with Crippen molar-refractivity contribution in [3.8, 4) is 17.6 Å². The van der Waals surface area contributed by atoms with Crippen LogP contribution in [0.5, 0.6) is 11.5 Å².